The Labute approximate surface area is 105 Å². The van der Waals surface area contributed by atoms with E-state index < -0.39 is 5.60 Å². The molecule has 0 saturated heterocycles. The van der Waals surface area contributed by atoms with E-state index in [9.17, 15) is 5.11 Å². The third kappa shape index (κ3) is 2.71. The Morgan fingerprint density at radius 1 is 1.12 bits per heavy atom. The zero-order valence-electron chi connectivity index (χ0n) is 11.3. The summed E-state index contributed by atoms with van der Waals surface area (Å²) in [6.45, 7) is 6.55. The van der Waals surface area contributed by atoms with Crippen molar-refractivity contribution in [1.29, 1.82) is 0 Å². The van der Waals surface area contributed by atoms with Crippen molar-refractivity contribution in [3.05, 3.63) is 34.9 Å². The van der Waals surface area contributed by atoms with E-state index in [1.165, 1.54) is 17.5 Å². The van der Waals surface area contributed by atoms with E-state index in [0.717, 1.165) is 37.2 Å². The second-order valence-corrected chi connectivity index (χ2v) is 5.87. The second-order valence-electron chi connectivity index (χ2n) is 5.87. The van der Waals surface area contributed by atoms with E-state index in [1.807, 2.05) is 0 Å². The van der Waals surface area contributed by atoms with Gasteiger partial charge in [0.15, 0.2) is 0 Å². The zero-order chi connectivity index (χ0) is 12.5. The van der Waals surface area contributed by atoms with E-state index in [-0.39, 0.29) is 0 Å². The Kier molecular flexibility index (Phi) is 3.58. The molecule has 0 radical (unpaired) electrons. The number of hydrogen-bond donors (Lipinski definition) is 1. The molecule has 1 nitrogen and oxygen atoms in total. The molecule has 1 heteroatoms. The predicted molar refractivity (Wildman–Crippen MR) is 72.1 cm³/mol. The second kappa shape index (κ2) is 4.81. The minimum Gasteiger partial charge on any atom is -0.385 e. The van der Waals surface area contributed by atoms with Crippen LogP contribution in [0.3, 0.4) is 0 Å². The van der Waals surface area contributed by atoms with Gasteiger partial charge >= 0.3 is 0 Å². The van der Waals surface area contributed by atoms with Gasteiger partial charge in [0.1, 0.15) is 0 Å². The van der Waals surface area contributed by atoms with Gasteiger partial charge in [-0.3, -0.25) is 0 Å². The highest BCUT2D eigenvalue weighted by molar-refractivity contribution is 5.33. The molecule has 0 spiro atoms. The van der Waals surface area contributed by atoms with E-state index in [1.54, 1.807) is 0 Å². The lowest BCUT2D eigenvalue weighted by atomic mass is 9.85. The van der Waals surface area contributed by atoms with E-state index >= 15 is 0 Å². The van der Waals surface area contributed by atoms with Crippen LogP contribution in [0.1, 0.15) is 55.7 Å². The van der Waals surface area contributed by atoms with E-state index in [2.05, 4.69) is 39.0 Å². The highest BCUT2D eigenvalue weighted by atomic mass is 16.3. The maximum atomic E-state index is 10.9. The molecule has 0 heterocycles. The Bertz CT molecular complexity index is 397. The summed E-state index contributed by atoms with van der Waals surface area (Å²) in [4.78, 5) is 0. The molecule has 1 aromatic carbocycles. The SMILES string of the molecule is Cc1ccc(C2(O)CCCC(C)CC2)cc1C. The summed E-state index contributed by atoms with van der Waals surface area (Å²) in [5.41, 5.74) is 3.13. The Balaban J connectivity index is 2.27. The first kappa shape index (κ1) is 12.6. The number of aliphatic hydroxyl groups is 1. The molecule has 0 aromatic heterocycles. The van der Waals surface area contributed by atoms with Gasteiger partial charge in [-0.25, -0.2) is 0 Å². The molecule has 94 valence electrons. The van der Waals surface area contributed by atoms with Crippen LogP contribution in [0.25, 0.3) is 0 Å². The van der Waals surface area contributed by atoms with Gasteiger partial charge in [-0.2, -0.15) is 0 Å². The number of aryl methyl sites for hydroxylation is 2. The molecular formula is C16H24O. The van der Waals surface area contributed by atoms with Crippen LogP contribution in [0.4, 0.5) is 0 Å². The lowest BCUT2D eigenvalue weighted by molar-refractivity contribution is 0.0198. The van der Waals surface area contributed by atoms with Crippen molar-refractivity contribution in [3.8, 4) is 0 Å². The molecule has 2 atom stereocenters. The van der Waals surface area contributed by atoms with E-state index in [0.29, 0.717) is 0 Å². The molecule has 0 bridgehead atoms. The third-order valence-electron chi connectivity index (χ3n) is 4.38. The molecule has 2 rings (SSSR count). The van der Waals surface area contributed by atoms with Gasteiger partial charge in [0.2, 0.25) is 0 Å². The van der Waals surface area contributed by atoms with E-state index in [4.69, 9.17) is 0 Å². The summed E-state index contributed by atoms with van der Waals surface area (Å²) in [6.07, 6.45) is 5.37. The van der Waals surface area contributed by atoms with Crippen LogP contribution in [-0.2, 0) is 5.60 Å². The van der Waals surface area contributed by atoms with Gasteiger partial charge < -0.3 is 5.11 Å². The first-order valence-electron chi connectivity index (χ1n) is 6.81. The average molecular weight is 232 g/mol. The molecule has 1 aromatic rings. The molecular weight excluding hydrogens is 208 g/mol. The molecule has 1 saturated carbocycles. The monoisotopic (exact) mass is 232 g/mol. The van der Waals surface area contributed by atoms with Gasteiger partial charge in [-0.05, 0) is 62.1 Å². The molecule has 1 N–H and O–H groups in total. The van der Waals surface area contributed by atoms with Crippen molar-refractivity contribution in [1.82, 2.24) is 0 Å². The molecule has 1 aliphatic rings. The molecule has 0 aliphatic heterocycles. The number of benzene rings is 1. The summed E-state index contributed by atoms with van der Waals surface area (Å²) >= 11 is 0. The zero-order valence-corrected chi connectivity index (χ0v) is 11.3. The quantitative estimate of drug-likeness (QED) is 0.723. The lowest BCUT2D eigenvalue weighted by Crippen LogP contribution is -2.25. The third-order valence-corrected chi connectivity index (χ3v) is 4.38. The fourth-order valence-corrected chi connectivity index (χ4v) is 2.82. The van der Waals surface area contributed by atoms with Crippen molar-refractivity contribution in [2.45, 2.75) is 58.5 Å². The minimum atomic E-state index is -0.580. The maximum absolute atomic E-state index is 10.9. The van der Waals surface area contributed by atoms with Gasteiger partial charge in [-0.1, -0.05) is 31.5 Å². The topological polar surface area (TPSA) is 20.2 Å². The van der Waals surface area contributed by atoms with Crippen LogP contribution in [0.15, 0.2) is 18.2 Å². The summed E-state index contributed by atoms with van der Waals surface area (Å²) in [5, 5.41) is 10.9. The fraction of sp³-hybridized carbons (Fsp3) is 0.625. The van der Waals surface area contributed by atoms with Crippen LogP contribution in [0.5, 0.6) is 0 Å². The number of hydrogen-bond acceptors (Lipinski definition) is 1. The van der Waals surface area contributed by atoms with Crippen molar-refractivity contribution in [2.24, 2.45) is 5.92 Å². The maximum Gasteiger partial charge on any atom is 0.0896 e. The number of rotatable bonds is 1. The normalized spacial score (nSPS) is 30.0. The van der Waals surface area contributed by atoms with Gasteiger partial charge in [-0.15, -0.1) is 0 Å². The van der Waals surface area contributed by atoms with Crippen LogP contribution in [0, 0.1) is 19.8 Å². The molecule has 1 aliphatic carbocycles. The van der Waals surface area contributed by atoms with Crippen molar-refractivity contribution < 1.29 is 5.11 Å². The molecule has 1 fully saturated rings. The molecule has 17 heavy (non-hydrogen) atoms. The average Bonchev–Trinajstić information content (AvgIpc) is 2.46. The summed E-state index contributed by atoms with van der Waals surface area (Å²) < 4.78 is 0. The van der Waals surface area contributed by atoms with Gasteiger partial charge in [0.25, 0.3) is 0 Å². The van der Waals surface area contributed by atoms with Crippen LogP contribution in [-0.4, -0.2) is 5.11 Å². The van der Waals surface area contributed by atoms with Crippen molar-refractivity contribution in [2.75, 3.05) is 0 Å². The molecule has 2 unspecified atom stereocenters. The van der Waals surface area contributed by atoms with Crippen LogP contribution >= 0.6 is 0 Å². The minimum absolute atomic E-state index is 0.580. The first-order valence-corrected chi connectivity index (χ1v) is 6.81. The summed E-state index contributed by atoms with van der Waals surface area (Å²) in [6, 6.07) is 6.42. The highest BCUT2D eigenvalue weighted by Crippen LogP contribution is 2.38. The standard InChI is InChI=1S/C16H24O/c1-12-5-4-9-16(17,10-8-12)15-7-6-13(2)14(3)11-15/h6-7,11-12,17H,4-5,8-10H2,1-3H3. The smallest absolute Gasteiger partial charge is 0.0896 e. The van der Waals surface area contributed by atoms with Gasteiger partial charge in [0.05, 0.1) is 5.60 Å². The Morgan fingerprint density at radius 3 is 2.59 bits per heavy atom. The first-order chi connectivity index (χ1) is 8.01. The lowest BCUT2D eigenvalue weighted by Gasteiger charge is -2.28. The van der Waals surface area contributed by atoms with Crippen molar-refractivity contribution >= 4 is 0 Å². The van der Waals surface area contributed by atoms with Gasteiger partial charge in [0, 0.05) is 0 Å². The summed E-state index contributed by atoms with van der Waals surface area (Å²) in [5.74, 6) is 0.760. The fourth-order valence-electron chi connectivity index (χ4n) is 2.82. The highest BCUT2D eigenvalue weighted by Gasteiger charge is 2.31. The summed E-state index contributed by atoms with van der Waals surface area (Å²) in [7, 11) is 0. The van der Waals surface area contributed by atoms with Crippen molar-refractivity contribution in [3.63, 3.8) is 0 Å². The van der Waals surface area contributed by atoms with Crippen LogP contribution < -0.4 is 0 Å². The Hall–Kier alpha value is -0.820. The largest absolute Gasteiger partial charge is 0.385 e. The molecule has 0 amide bonds. The predicted octanol–water partition coefficient (Wildman–Crippen LogP) is 4.09. The van der Waals surface area contributed by atoms with Crippen LogP contribution in [0.2, 0.25) is 0 Å². The Morgan fingerprint density at radius 2 is 1.88 bits per heavy atom.